The second-order valence-corrected chi connectivity index (χ2v) is 4.97. The molecule has 0 spiro atoms. The molecule has 0 atom stereocenters. The van der Waals surface area contributed by atoms with Crippen LogP contribution in [-0.2, 0) is 6.54 Å². The largest absolute Gasteiger partial charge is 0.381 e. The lowest BCUT2D eigenvalue weighted by Gasteiger charge is -2.10. The van der Waals surface area contributed by atoms with E-state index in [2.05, 4.69) is 15.0 Å². The van der Waals surface area contributed by atoms with Crippen LogP contribution in [0.4, 0.5) is 5.82 Å². The fourth-order valence-corrected chi connectivity index (χ4v) is 2.68. The van der Waals surface area contributed by atoms with Crippen molar-refractivity contribution in [2.75, 3.05) is 5.73 Å². The Bertz CT molecular complexity index is 347. The third-order valence-corrected chi connectivity index (χ3v) is 3.67. The van der Waals surface area contributed by atoms with E-state index in [-0.39, 0.29) is 0 Å². The maximum absolute atomic E-state index is 5.86. The predicted molar refractivity (Wildman–Crippen MR) is 58.4 cm³/mol. The molecule has 0 radical (unpaired) electrons. The Labute approximate surface area is 89.8 Å². The van der Waals surface area contributed by atoms with Gasteiger partial charge in [-0.1, -0.05) is 18.1 Å². The molecule has 2 saturated carbocycles. The zero-order valence-corrected chi connectivity index (χ0v) is 9.02. The summed E-state index contributed by atoms with van der Waals surface area (Å²) in [5, 5.41) is 8.19. The fraction of sp³-hybridized carbons (Fsp3) is 0.818. The van der Waals surface area contributed by atoms with Gasteiger partial charge in [0, 0.05) is 12.5 Å². The first kappa shape index (κ1) is 9.19. The molecule has 4 nitrogen and oxygen atoms in total. The number of anilines is 1. The van der Waals surface area contributed by atoms with Crippen LogP contribution in [0, 0.1) is 5.92 Å². The topological polar surface area (TPSA) is 56.7 Å². The highest BCUT2D eigenvalue weighted by Crippen LogP contribution is 2.42. The van der Waals surface area contributed by atoms with E-state index in [1.807, 2.05) is 0 Å². The van der Waals surface area contributed by atoms with E-state index in [9.17, 15) is 0 Å². The van der Waals surface area contributed by atoms with Crippen LogP contribution < -0.4 is 5.73 Å². The molecule has 82 valence electrons. The molecule has 0 aliphatic heterocycles. The van der Waals surface area contributed by atoms with Crippen molar-refractivity contribution < 1.29 is 0 Å². The smallest absolute Gasteiger partial charge is 0.169 e. The Hall–Kier alpha value is -1.06. The molecule has 3 rings (SSSR count). The van der Waals surface area contributed by atoms with Crippen molar-refractivity contribution in [2.24, 2.45) is 5.92 Å². The van der Waals surface area contributed by atoms with E-state index in [1.165, 1.54) is 44.2 Å². The Morgan fingerprint density at radius 3 is 2.60 bits per heavy atom. The van der Waals surface area contributed by atoms with Gasteiger partial charge in [-0.15, -0.1) is 5.10 Å². The summed E-state index contributed by atoms with van der Waals surface area (Å²) in [6.07, 6.45) is 8.00. The van der Waals surface area contributed by atoms with E-state index in [0.29, 0.717) is 11.7 Å². The Morgan fingerprint density at radius 2 is 1.93 bits per heavy atom. The summed E-state index contributed by atoms with van der Waals surface area (Å²) in [5.74, 6) is 2.13. The van der Waals surface area contributed by atoms with Crippen molar-refractivity contribution in [3.8, 4) is 0 Å². The first-order valence-corrected chi connectivity index (χ1v) is 6.03. The van der Waals surface area contributed by atoms with Gasteiger partial charge in [-0.25, -0.2) is 4.68 Å². The summed E-state index contributed by atoms with van der Waals surface area (Å²) in [4.78, 5) is 0. The van der Waals surface area contributed by atoms with E-state index in [0.717, 1.165) is 12.5 Å². The van der Waals surface area contributed by atoms with Crippen LogP contribution in [0.25, 0.3) is 0 Å². The van der Waals surface area contributed by atoms with Crippen molar-refractivity contribution in [3.63, 3.8) is 0 Å². The standard InChI is InChI=1S/C11H18N4/c12-11-10(9-5-6-9)15(14-13-11)7-8-3-1-2-4-8/h8-9H,1-7,12H2. The molecular formula is C11H18N4. The molecule has 15 heavy (non-hydrogen) atoms. The maximum atomic E-state index is 5.86. The summed E-state index contributed by atoms with van der Waals surface area (Å²) in [6.45, 7) is 1.04. The molecular weight excluding hydrogens is 188 g/mol. The lowest BCUT2D eigenvalue weighted by Crippen LogP contribution is -2.12. The SMILES string of the molecule is Nc1nnn(CC2CCCC2)c1C1CC1. The van der Waals surface area contributed by atoms with Gasteiger partial charge in [-0.3, -0.25) is 0 Å². The zero-order valence-electron chi connectivity index (χ0n) is 9.02. The van der Waals surface area contributed by atoms with Crippen LogP contribution in [0.3, 0.4) is 0 Å². The van der Waals surface area contributed by atoms with Crippen LogP contribution in [-0.4, -0.2) is 15.0 Å². The van der Waals surface area contributed by atoms with Crippen LogP contribution in [0.2, 0.25) is 0 Å². The zero-order chi connectivity index (χ0) is 10.3. The first-order valence-electron chi connectivity index (χ1n) is 6.03. The van der Waals surface area contributed by atoms with E-state index in [1.54, 1.807) is 0 Å². The summed E-state index contributed by atoms with van der Waals surface area (Å²) < 4.78 is 2.07. The molecule has 0 bridgehead atoms. The lowest BCUT2D eigenvalue weighted by atomic mass is 10.1. The van der Waals surface area contributed by atoms with Crippen molar-refractivity contribution >= 4 is 5.82 Å². The van der Waals surface area contributed by atoms with Crippen molar-refractivity contribution in [1.82, 2.24) is 15.0 Å². The number of nitrogens with zero attached hydrogens (tertiary/aromatic N) is 3. The average Bonchev–Trinajstić information content (AvgIpc) is 2.80. The van der Waals surface area contributed by atoms with Crippen molar-refractivity contribution in [1.29, 1.82) is 0 Å². The molecule has 2 N–H and O–H groups in total. The van der Waals surface area contributed by atoms with Gasteiger partial charge in [-0.2, -0.15) is 0 Å². The van der Waals surface area contributed by atoms with E-state index >= 15 is 0 Å². The molecule has 2 aliphatic rings. The monoisotopic (exact) mass is 206 g/mol. The third kappa shape index (κ3) is 1.73. The van der Waals surface area contributed by atoms with Crippen molar-refractivity contribution in [2.45, 2.75) is 51.0 Å². The van der Waals surface area contributed by atoms with Crippen LogP contribution in [0.5, 0.6) is 0 Å². The Balaban J connectivity index is 1.78. The molecule has 2 fully saturated rings. The van der Waals surface area contributed by atoms with E-state index < -0.39 is 0 Å². The minimum Gasteiger partial charge on any atom is -0.381 e. The van der Waals surface area contributed by atoms with E-state index in [4.69, 9.17) is 5.73 Å². The Morgan fingerprint density at radius 1 is 1.20 bits per heavy atom. The highest BCUT2D eigenvalue weighted by atomic mass is 15.4. The number of nitrogen functional groups attached to an aromatic ring is 1. The fourth-order valence-electron chi connectivity index (χ4n) is 2.68. The van der Waals surface area contributed by atoms with Gasteiger partial charge < -0.3 is 5.73 Å². The second-order valence-electron chi connectivity index (χ2n) is 4.97. The number of hydrogen-bond acceptors (Lipinski definition) is 3. The first-order chi connectivity index (χ1) is 7.34. The van der Waals surface area contributed by atoms with Crippen LogP contribution >= 0.6 is 0 Å². The minimum absolute atomic E-state index is 0.654. The molecule has 1 heterocycles. The third-order valence-electron chi connectivity index (χ3n) is 3.67. The Kier molecular flexibility index (Phi) is 2.15. The van der Waals surface area contributed by atoms with Gasteiger partial charge in [0.25, 0.3) is 0 Å². The summed E-state index contributed by atoms with van der Waals surface area (Å²) in [5.41, 5.74) is 7.07. The second kappa shape index (κ2) is 3.51. The summed E-state index contributed by atoms with van der Waals surface area (Å²) in [7, 11) is 0. The van der Waals surface area contributed by atoms with Gasteiger partial charge >= 0.3 is 0 Å². The van der Waals surface area contributed by atoms with Gasteiger partial charge in [0.2, 0.25) is 0 Å². The minimum atomic E-state index is 0.654. The number of nitrogens with two attached hydrogens (primary N) is 1. The highest BCUT2D eigenvalue weighted by Gasteiger charge is 2.31. The number of aromatic nitrogens is 3. The molecule has 0 saturated heterocycles. The van der Waals surface area contributed by atoms with Crippen LogP contribution in [0.15, 0.2) is 0 Å². The summed E-state index contributed by atoms with van der Waals surface area (Å²) in [6, 6.07) is 0. The van der Waals surface area contributed by atoms with Crippen molar-refractivity contribution in [3.05, 3.63) is 5.69 Å². The van der Waals surface area contributed by atoms with Gasteiger partial charge in [0.05, 0.1) is 5.69 Å². The lowest BCUT2D eigenvalue weighted by molar-refractivity contribution is 0.412. The molecule has 0 unspecified atom stereocenters. The quantitative estimate of drug-likeness (QED) is 0.822. The van der Waals surface area contributed by atoms with Gasteiger partial charge in [0.15, 0.2) is 5.82 Å². The maximum Gasteiger partial charge on any atom is 0.169 e. The number of rotatable bonds is 3. The molecule has 1 aromatic heterocycles. The van der Waals surface area contributed by atoms with Crippen LogP contribution in [0.1, 0.15) is 50.1 Å². The summed E-state index contributed by atoms with van der Waals surface area (Å²) >= 11 is 0. The average molecular weight is 206 g/mol. The highest BCUT2D eigenvalue weighted by molar-refractivity contribution is 5.38. The molecule has 1 aromatic rings. The molecule has 4 heteroatoms. The number of hydrogen-bond donors (Lipinski definition) is 1. The predicted octanol–water partition coefficient (Wildman–Crippen LogP) is 1.93. The molecule has 0 amide bonds. The normalized spacial score (nSPS) is 22.4. The molecule has 0 aromatic carbocycles. The van der Waals surface area contributed by atoms with Gasteiger partial charge in [-0.05, 0) is 31.6 Å². The van der Waals surface area contributed by atoms with Gasteiger partial charge in [0.1, 0.15) is 0 Å². The molecule has 2 aliphatic carbocycles.